The van der Waals surface area contributed by atoms with Gasteiger partial charge in [-0.25, -0.2) is 4.79 Å². The molecule has 0 fully saturated rings. The predicted octanol–water partition coefficient (Wildman–Crippen LogP) is 3.52. The van der Waals surface area contributed by atoms with Gasteiger partial charge in [0, 0.05) is 18.1 Å². The fourth-order valence-electron chi connectivity index (χ4n) is 2.77. The second kappa shape index (κ2) is 7.95. The van der Waals surface area contributed by atoms with E-state index < -0.39 is 5.97 Å². The maximum Gasteiger partial charge on any atom is 0.343 e. The van der Waals surface area contributed by atoms with Gasteiger partial charge < -0.3 is 19.8 Å². The Morgan fingerprint density at radius 3 is 2.56 bits per heavy atom. The molecular weight excluding hydrogens is 344 g/mol. The minimum absolute atomic E-state index is 0.0347. The Balaban J connectivity index is 2.14. The number of carbonyl (C=O) groups excluding carboxylic acids is 1. The zero-order valence-electron chi connectivity index (χ0n) is 15.4. The minimum atomic E-state index is -0.553. The average molecular weight is 366 g/mol. The van der Waals surface area contributed by atoms with E-state index in [1.807, 2.05) is 13.0 Å². The lowest BCUT2D eigenvalue weighted by Gasteiger charge is -2.16. The largest absolute Gasteiger partial charge is 0.485 e. The van der Waals surface area contributed by atoms with E-state index in [9.17, 15) is 9.59 Å². The molecule has 1 aromatic heterocycles. The second-order valence-corrected chi connectivity index (χ2v) is 6.26. The molecule has 6 nitrogen and oxygen atoms in total. The third kappa shape index (κ3) is 3.79. The fourth-order valence-corrected chi connectivity index (χ4v) is 2.77. The molecule has 3 rings (SSSR count). The summed E-state index contributed by atoms with van der Waals surface area (Å²) in [6.45, 7) is 2.39. The van der Waals surface area contributed by atoms with Crippen LogP contribution in [0.4, 0.5) is 5.69 Å². The van der Waals surface area contributed by atoms with Crippen LogP contribution in [0.2, 0.25) is 0 Å². The smallest absolute Gasteiger partial charge is 0.343 e. The van der Waals surface area contributed by atoms with E-state index in [0.29, 0.717) is 28.8 Å². The van der Waals surface area contributed by atoms with Crippen LogP contribution in [0.3, 0.4) is 0 Å². The average Bonchev–Trinajstić information content (AvgIpc) is 2.68. The Morgan fingerprint density at radius 2 is 1.85 bits per heavy atom. The molecule has 0 aliphatic carbocycles. The number of anilines is 1. The number of aromatic nitrogens is 1. The number of aryl methyl sites for hydroxylation is 1. The van der Waals surface area contributed by atoms with Crippen LogP contribution < -0.4 is 20.8 Å². The molecule has 2 N–H and O–H groups in total. The van der Waals surface area contributed by atoms with Crippen molar-refractivity contribution < 1.29 is 14.3 Å². The zero-order valence-corrected chi connectivity index (χ0v) is 15.4. The molecular formula is C21H22N2O4. The van der Waals surface area contributed by atoms with Crippen molar-refractivity contribution in [1.29, 1.82) is 0 Å². The quantitative estimate of drug-likeness (QED) is 0.410. The monoisotopic (exact) mass is 366 g/mol. The van der Waals surface area contributed by atoms with Crippen LogP contribution in [0, 0.1) is 0 Å². The summed E-state index contributed by atoms with van der Waals surface area (Å²) >= 11 is 0. The van der Waals surface area contributed by atoms with E-state index in [-0.39, 0.29) is 17.1 Å². The number of nitrogen functional groups attached to an aromatic ring is 1. The molecule has 0 amide bonds. The van der Waals surface area contributed by atoms with Gasteiger partial charge in [0.05, 0.1) is 17.7 Å². The van der Waals surface area contributed by atoms with E-state index in [4.69, 9.17) is 15.2 Å². The lowest BCUT2D eigenvalue weighted by Crippen LogP contribution is -2.22. The van der Waals surface area contributed by atoms with Gasteiger partial charge in [0.25, 0.3) is 5.56 Å². The summed E-state index contributed by atoms with van der Waals surface area (Å²) in [7, 11) is 1.64. The molecule has 0 radical (unpaired) electrons. The summed E-state index contributed by atoms with van der Waals surface area (Å²) in [4.78, 5) is 25.4. The van der Waals surface area contributed by atoms with Crippen molar-refractivity contribution in [1.82, 2.24) is 4.57 Å². The van der Waals surface area contributed by atoms with Crippen molar-refractivity contribution >= 4 is 22.6 Å². The molecule has 27 heavy (non-hydrogen) atoms. The van der Waals surface area contributed by atoms with Crippen LogP contribution in [-0.4, -0.2) is 17.1 Å². The van der Waals surface area contributed by atoms with Gasteiger partial charge in [-0.05, 0) is 36.8 Å². The number of esters is 1. The van der Waals surface area contributed by atoms with E-state index in [1.54, 1.807) is 49.5 Å². The normalized spacial score (nSPS) is 10.7. The van der Waals surface area contributed by atoms with Crippen LogP contribution in [0.5, 0.6) is 11.5 Å². The Labute approximate surface area is 157 Å². The lowest BCUT2D eigenvalue weighted by atomic mass is 10.1. The standard InChI is InChI=1S/C21H22N2O4/c1-3-4-12-26-19-18(27-21(25)14-8-6-5-7-9-14)16-11-10-15(22)13-17(16)23(2)20(19)24/h5-11,13H,3-4,12,22H2,1-2H3. The number of benzene rings is 2. The first-order valence-electron chi connectivity index (χ1n) is 8.85. The number of nitrogens with two attached hydrogens (primary N) is 1. The number of nitrogens with zero attached hydrogens (tertiary/aromatic N) is 1. The van der Waals surface area contributed by atoms with Gasteiger partial charge in [0.2, 0.25) is 5.75 Å². The molecule has 140 valence electrons. The molecule has 2 aromatic carbocycles. The molecule has 0 spiro atoms. The van der Waals surface area contributed by atoms with Gasteiger partial charge in [-0.3, -0.25) is 4.79 Å². The fraction of sp³-hybridized carbons (Fsp3) is 0.238. The Kier molecular flexibility index (Phi) is 5.45. The maximum atomic E-state index is 12.8. The summed E-state index contributed by atoms with van der Waals surface area (Å²) in [6, 6.07) is 13.7. The van der Waals surface area contributed by atoms with Crippen LogP contribution >= 0.6 is 0 Å². The highest BCUT2D eigenvalue weighted by Gasteiger charge is 2.21. The van der Waals surface area contributed by atoms with Crippen molar-refractivity contribution in [2.45, 2.75) is 19.8 Å². The number of ether oxygens (including phenoxy) is 2. The van der Waals surface area contributed by atoms with Gasteiger partial charge in [0.1, 0.15) is 0 Å². The highest BCUT2D eigenvalue weighted by atomic mass is 16.6. The molecule has 1 heterocycles. The van der Waals surface area contributed by atoms with Crippen molar-refractivity contribution in [2.24, 2.45) is 7.05 Å². The number of pyridine rings is 1. The predicted molar refractivity (Wildman–Crippen MR) is 105 cm³/mol. The summed E-state index contributed by atoms with van der Waals surface area (Å²) < 4.78 is 12.8. The van der Waals surface area contributed by atoms with Crippen molar-refractivity contribution in [2.75, 3.05) is 12.3 Å². The Bertz CT molecular complexity index is 1030. The third-order valence-corrected chi connectivity index (χ3v) is 4.28. The number of rotatable bonds is 6. The molecule has 3 aromatic rings. The molecule has 0 aliphatic heterocycles. The molecule has 0 atom stereocenters. The highest BCUT2D eigenvalue weighted by Crippen LogP contribution is 2.34. The van der Waals surface area contributed by atoms with E-state index in [2.05, 4.69) is 0 Å². The number of unbranched alkanes of at least 4 members (excludes halogenated alkanes) is 1. The summed E-state index contributed by atoms with van der Waals surface area (Å²) in [6.07, 6.45) is 1.71. The maximum absolute atomic E-state index is 12.8. The first-order valence-corrected chi connectivity index (χ1v) is 8.85. The van der Waals surface area contributed by atoms with Crippen LogP contribution in [0.15, 0.2) is 53.3 Å². The molecule has 0 bridgehead atoms. The van der Waals surface area contributed by atoms with Crippen LogP contribution in [0.1, 0.15) is 30.1 Å². The second-order valence-electron chi connectivity index (χ2n) is 6.26. The van der Waals surface area contributed by atoms with Gasteiger partial charge in [0.15, 0.2) is 5.75 Å². The number of hydrogen-bond acceptors (Lipinski definition) is 5. The van der Waals surface area contributed by atoms with Gasteiger partial charge in [-0.15, -0.1) is 0 Å². The lowest BCUT2D eigenvalue weighted by molar-refractivity contribution is 0.0730. The summed E-state index contributed by atoms with van der Waals surface area (Å²) in [5.41, 5.74) is 6.96. The summed E-state index contributed by atoms with van der Waals surface area (Å²) in [5.74, 6) is -0.395. The Morgan fingerprint density at radius 1 is 1.11 bits per heavy atom. The van der Waals surface area contributed by atoms with Crippen LogP contribution in [-0.2, 0) is 7.05 Å². The molecule has 0 saturated heterocycles. The van der Waals surface area contributed by atoms with E-state index >= 15 is 0 Å². The van der Waals surface area contributed by atoms with Gasteiger partial charge in [-0.2, -0.15) is 0 Å². The van der Waals surface area contributed by atoms with Gasteiger partial charge in [-0.1, -0.05) is 31.5 Å². The van der Waals surface area contributed by atoms with Gasteiger partial charge >= 0.3 is 5.97 Å². The summed E-state index contributed by atoms with van der Waals surface area (Å²) in [5, 5.41) is 0.585. The van der Waals surface area contributed by atoms with Crippen molar-refractivity contribution in [3.8, 4) is 11.5 Å². The minimum Gasteiger partial charge on any atom is -0.485 e. The Hall–Kier alpha value is -3.28. The molecule has 0 saturated carbocycles. The number of hydrogen-bond donors (Lipinski definition) is 1. The molecule has 0 unspecified atom stereocenters. The first kappa shape index (κ1) is 18.5. The first-order chi connectivity index (χ1) is 13.0. The molecule has 0 aliphatic rings. The van der Waals surface area contributed by atoms with E-state index in [1.165, 1.54) is 4.57 Å². The topological polar surface area (TPSA) is 83.5 Å². The molecule has 6 heteroatoms. The number of fused-ring (bicyclic) bond motifs is 1. The van der Waals surface area contributed by atoms with E-state index in [0.717, 1.165) is 12.8 Å². The van der Waals surface area contributed by atoms with Crippen LogP contribution in [0.25, 0.3) is 10.9 Å². The number of carbonyl (C=O) groups is 1. The van der Waals surface area contributed by atoms with Crippen molar-refractivity contribution in [3.63, 3.8) is 0 Å². The van der Waals surface area contributed by atoms with Crippen molar-refractivity contribution in [3.05, 3.63) is 64.4 Å². The highest BCUT2D eigenvalue weighted by molar-refractivity contribution is 5.96. The SMILES string of the molecule is CCCCOc1c(OC(=O)c2ccccc2)c2ccc(N)cc2n(C)c1=O. The third-order valence-electron chi connectivity index (χ3n) is 4.28. The zero-order chi connectivity index (χ0) is 19.4.